The minimum Gasteiger partial charge on any atom is -0.385 e. The molecule has 0 aliphatic heterocycles. The highest BCUT2D eigenvalue weighted by Crippen LogP contribution is 2.65. The van der Waals surface area contributed by atoms with Crippen molar-refractivity contribution in [2.45, 2.75) is 39.3 Å². The Bertz CT molecular complexity index is 778. The van der Waals surface area contributed by atoms with Gasteiger partial charge in [-0.1, -0.05) is 43.7 Å². The van der Waals surface area contributed by atoms with Crippen LogP contribution in [0.2, 0.25) is 0 Å². The molecule has 1 saturated carbocycles. The number of hydrogen-bond donors (Lipinski definition) is 1. The van der Waals surface area contributed by atoms with Gasteiger partial charge in [-0.05, 0) is 54.4 Å². The predicted octanol–water partition coefficient (Wildman–Crippen LogP) is 6.39. The van der Waals surface area contributed by atoms with Crippen LogP contribution >= 0.6 is 0 Å². The number of alkyl halides is 3. The summed E-state index contributed by atoms with van der Waals surface area (Å²) in [5, 5.41) is 2.85. The zero-order valence-corrected chi connectivity index (χ0v) is 15.1. The van der Waals surface area contributed by atoms with Crippen LogP contribution in [0.5, 0.6) is 0 Å². The SMILES string of the molecule is Cc1ccc(C2C(CCNc3ccc(F)cc3C(F)(F)F)C2(C)C)cc1. The molecule has 0 saturated heterocycles. The van der Waals surface area contributed by atoms with E-state index in [-0.39, 0.29) is 11.1 Å². The van der Waals surface area contributed by atoms with Crippen LogP contribution in [0.4, 0.5) is 23.2 Å². The third-order valence-corrected chi connectivity index (χ3v) is 5.54. The molecule has 0 amide bonds. The van der Waals surface area contributed by atoms with Gasteiger partial charge in [-0.3, -0.25) is 0 Å². The molecule has 2 atom stereocenters. The van der Waals surface area contributed by atoms with E-state index < -0.39 is 17.6 Å². The number of rotatable bonds is 5. The maximum absolute atomic E-state index is 13.2. The summed E-state index contributed by atoms with van der Waals surface area (Å²) < 4.78 is 52.4. The third-order valence-electron chi connectivity index (χ3n) is 5.54. The number of nitrogens with one attached hydrogen (secondary N) is 1. The van der Waals surface area contributed by atoms with Crippen LogP contribution in [-0.4, -0.2) is 6.54 Å². The molecule has 2 aromatic carbocycles. The summed E-state index contributed by atoms with van der Waals surface area (Å²) in [5.41, 5.74) is 1.60. The third kappa shape index (κ3) is 3.71. The Morgan fingerprint density at radius 2 is 1.69 bits per heavy atom. The van der Waals surface area contributed by atoms with Gasteiger partial charge in [-0.15, -0.1) is 0 Å². The summed E-state index contributed by atoms with van der Waals surface area (Å²) >= 11 is 0. The van der Waals surface area contributed by atoms with Crippen molar-refractivity contribution in [3.05, 3.63) is 65.0 Å². The fourth-order valence-electron chi connectivity index (χ4n) is 3.99. The van der Waals surface area contributed by atoms with Gasteiger partial charge in [0.15, 0.2) is 0 Å². The van der Waals surface area contributed by atoms with Crippen molar-refractivity contribution in [1.29, 1.82) is 0 Å². The molecule has 2 unspecified atom stereocenters. The van der Waals surface area contributed by atoms with Crippen LogP contribution in [0.25, 0.3) is 0 Å². The van der Waals surface area contributed by atoms with Crippen molar-refractivity contribution < 1.29 is 17.6 Å². The van der Waals surface area contributed by atoms with Crippen molar-refractivity contribution in [1.82, 2.24) is 0 Å². The summed E-state index contributed by atoms with van der Waals surface area (Å²) in [7, 11) is 0. The number of hydrogen-bond acceptors (Lipinski definition) is 1. The Kier molecular flexibility index (Phi) is 4.76. The lowest BCUT2D eigenvalue weighted by Gasteiger charge is -2.15. The maximum atomic E-state index is 13.2. The van der Waals surface area contributed by atoms with E-state index in [2.05, 4.69) is 43.4 Å². The van der Waals surface area contributed by atoms with E-state index in [1.165, 1.54) is 11.1 Å². The Balaban J connectivity index is 1.65. The minimum absolute atomic E-state index is 0.0655. The van der Waals surface area contributed by atoms with Crippen molar-refractivity contribution >= 4 is 5.69 Å². The largest absolute Gasteiger partial charge is 0.418 e. The Labute approximate surface area is 151 Å². The monoisotopic (exact) mass is 365 g/mol. The van der Waals surface area contributed by atoms with Gasteiger partial charge < -0.3 is 5.32 Å². The van der Waals surface area contributed by atoms with Gasteiger partial charge in [0.2, 0.25) is 0 Å². The van der Waals surface area contributed by atoms with Crippen LogP contribution in [0.1, 0.15) is 42.9 Å². The molecule has 2 aromatic rings. The second-order valence-corrected chi connectivity index (χ2v) is 7.72. The highest BCUT2D eigenvalue weighted by molar-refractivity contribution is 5.53. The topological polar surface area (TPSA) is 12.0 Å². The molecule has 1 N–H and O–H groups in total. The predicted molar refractivity (Wildman–Crippen MR) is 95.7 cm³/mol. The van der Waals surface area contributed by atoms with Crippen molar-refractivity contribution in [3.8, 4) is 0 Å². The quantitative estimate of drug-likeness (QED) is 0.605. The molecule has 5 heteroatoms. The van der Waals surface area contributed by atoms with Gasteiger partial charge >= 0.3 is 6.18 Å². The Morgan fingerprint density at radius 1 is 1.04 bits per heavy atom. The molecule has 1 fully saturated rings. The number of halogens is 4. The first-order valence-corrected chi connectivity index (χ1v) is 8.78. The molecule has 1 aliphatic rings. The molecular weight excluding hydrogens is 342 g/mol. The van der Waals surface area contributed by atoms with Crippen LogP contribution < -0.4 is 5.32 Å². The molecule has 0 bridgehead atoms. The Hall–Kier alpha value is -2.04. The lowest BCUT2D eigenvalue weighted by atomic mass is 10.0. The molecule has 26 heavy (non-hydrogen) atoms. The van der Waals surface area contributed by atoms with Gasteiger partial charge in [0.25, 0.3) is 0 Å². The van der Waals surface area contributed by atoms with E-state index in [4.69, 9.17) is 0 Å². The minimum atomic E-state index is -4.58. The first-order valence-electron chi connectivity index (χ1n) is 8.78. The molecule has 0 heterocycles. The lowest BCUT2D eigenvalue weighted by Crippen LogP contribution is -2.12. The molecule has 3 rings (SSSR count). The van der Waals surface area contributed by atoms with Crippen LogP contribution in [0.3, 0.4) is 0 Å². The van der Waals surface area contributed by atoms with E-state index in [1.807, 2.05) is 6.92 Å². The first-order chi connectivity index (χ1) is 12.1. The van der Waals surface area contributed by atoms with Crippen LogP contribution in [0.15, 0.2) is 42.5 Å². The number of benzene rings is 2. The molecular formula is C21H23F4N. The highest BCUT2D eigenvalue weighted by Gasteiger charge is 2.57. The summed E-state index contributed by atoms with van der Waals surface area (Å²) in [6, 6.07) is 11.2. The normalized spacial score (nSPS) is 21.5. The Morgan fingerprint density at radius 3 is 2.31 bits per heavy atom. The van der Waals surface area contributed by atoms with E-state index >= 15 is 0 Å². The molecule has 1 aliphatic carbocycles. The van der Waals surface area contributed by atoms with Crippen molar-refractivity contribution in [3.63, 3.8) is 0 Å². The first kappa shape index (κ1) is 18.7. The van der Waals surface area contributed by atoms with Gasteiger partial charge in [0.1, 0.15) is 5.82 Å². The van der Waals surface area contributed by atoms with Crippen LogP contribution in [0, 0.1) is 24.1 Å². The van der Waals surface area contributed by atoms with Crippen LogP contribution in [-0.2, 0) is 6.18 Å². The van der Waals surface area contributed by atoms with Crippen molar-refractivity contribution in [2.75, 3.05) is 11.9 Å². The fourth-order valence-corrected chi connectivity index (χ4v) is 3.99. The van der Waals surface area contributed by atoms with E-state index in [0.717, 1.165) is 18.6 Å². The molecule has 0 aromatic heterocycles. The van der Waals surface area contributed by atoms with E-state index in [1.54, 1.807) is 0 Å². The smallest absolute Gasteiger partial charge is 0.385 e. The number of aryl methyl sites for hydroxylation is 1. The maximum Gasteiger partial charge on any atom is 0.418 e. The van der Waals surface area contributed by atoms with Crippen molar-refractivity contribution in [2.24, 2.45) is 11.3 Å². The van der Waals surface area contributed by atoms with Gasteiger partial charge in [0, 0.05) is 12.2 Å². The zero-order valence-electron chi connectivity index (χ0n) is 15.1. The number of anilines is 1. The van der Waals surface area contributed by atoms with Gasteiger partial charge in [-0.25, -0.2) is 4.39 Å². The average molecular weight is 365 g/mol. The molecule has 0 spiro atoms. The lowest BCUT2D eigenvalue weighted by molar-refractivity contribution is -0.137. The second-order valence-electron chi connectivity index (χ2n) is 7.72. The molecule has 140 valence electrons. The van der Waals surface area contributed by atoms with E-state index in [0.29, 0.717) is 24.4 Å². The molecule has 1 nitrogen and oxygen atoms in total. The standard InChI is InChI=1S/C21H23F4N/c1-13-4-6-14(7-5-13)19-16(20(19,2)3)10-11-26-18-9-8-15(22)12-17(18)21(23,24)25/h4-9,12,16,19,26H,10-11H2,1-3H3. The summed E-state index contributed by atoms with van der Waals surface area (Å²) in [5.74, 6) is -0.0571. The summed E-state index contributed by atoms with van der Waals surface area (Å²) in [6.07, 6.45) is -3.81. The van der Waals surface area contributed by atoms with Gasteiger partial charge in [0.05, 0.1) is 5.56 Å². The van der Waals surface area contributed by atoms with Gasteiger partial charge in [-0.2, -0.15) is 13.2 Å². The zero-order chi connectivity index (χ0) is 19.1. The summed E-state index contributed by atoms with van der Waals surface area (Å²) in [6.45, 7) is 6.86. The molecule has 0 radical (unpaired) electrons. The fraction of sp³-hybridized carbons (Fsp3) is 0.429. The van der Waals surface area contributed by atoms with E-state index in [9.17, 15) is 17.6 Å². The summed E-state index contributed by atoms with van der Waals surface area (Å²) in [4.78, 5) is 0. The highest BCUT2D eigenvalue weighted by atomic mass is 19.4. The average Bonchev–Trinajstić information content (AvgIpc) is 3.09. The second kappa shape index (κ2) is 6.60.